The molecule has 138 valence electrons. The van der Waals surface area contributed by atoms with Crippen LogP contribution < -0.4 is 0 Å². The molecule has 1 atom stereocenters. The number of nitrogens with zero attached hydrogens (tertiary/aromatic N) is 1. The summed E-state index contributed by atoms with van der Waals surface area (Å²) in [5.41, 5.74) is 2.60. The molecule has 0 saturated carbocycles. The van der Waals surface area contributed by atoms with E-state index in [0.717, 1.165) is 5.56 Å². The van der Waals surface area contributed by atoms with Gasteiger partial charge in [0.15, 0.2) is 0 Å². The van der Waals surface area contributed by atoms with E-state index in [2.05, 4.69) is 11.7 Å². The number of aliphatic hydroxyl groups is 1. The quantitative estimate of drug-likeness (QED) is 0.433. The van der Waals surface area contributed by atoms with Crippen molar-refractivity contribution in [3.05, 3.63) is 77.9 Å². The Balaban J connectivity index is 2.29. The van der Waals surface area contributed by atoms with Crippen molar-refractivity contribution < 1.29 is 17.8 Å². The minimum absolute atomic E-state index is 0.0257. The Morgan fingerprint density at radius 3 is 2.35 bits per heavy atom. The highest BCUT2D eigenvalue weighted by molar-refractivity contribution is 7.86. The lowest BCUT2D eigenvalue weighted by molar-refractivity contribution is 0.214. The first-order valence-electron chi connectivity index (χ1n) is 8.32. The second-order valence-corrected chi connectivity index (χ2v) is 7.51. The van der Waals surface area contributed by atoms with Gasteiger partial charge in [-0.05, 0) is 36.6 Å². The molecular weight excluding hydrogens is 350 g/mol. The summed E-state index contributed by atoms with van der Waals surface area (Å²) in [7, 11) is -4.03. The third-order valence-corrected chi connectivity index (χ3v) is 5.09. The van der Waals surface area contributed by atoms with Crippen LogP contribution in [0.5, 0.6) is 0 Å². The van der Waals surface area contributed by atoms with Gasteiger partial charge in [-0.15, -0.1) is 0 Å². The van der Waals surface area contributed by atoms with Crippen LogP contribution in [0.3, 0.4) is 0 Å². The molecule has 2 aromatic carbocycles. The largest absolute Gasteiger partial charge is 0.388 e. The standard InChI is InChI=1S/C20H23NO4S/c1-4-16(3)20(22)14-19(17-8-6-5-7-9-17)21-25-26(23,24)18-12-10-15(2)11-13-18/h5-13,20,22H,3-4,14H2,1-2H3. The average Bonchev–Trinajstić information content (AvgIpc) is 2.65. The molecule has 1 unspecified atom stereocenters. The molecule has 6 heteroatoms. The number of hydrogen-bond donors (Lipinski definition) is 1. The van der Waals surface area contributed by atoms with E-state index in [1.54, 1.807) is 36.4 Å². The number of hydrogen-bond acceptors (Lipinski definition) is 5. The fourth-order valence-electron chi connectivity index (χ4n) is 2.24. The number of oxime groups is 1. The zero-order valence-corrected chi connectivity index (χ0v) is 15.7. The van der Waals surface area contributed by atoms with Crippen molar-refractivity contribution in [2.45, 2.75) is 37.7 Å². The monoisotopic (exact) mass is 373 g/mol. The van der Waals surface area contributed by atoms with Gasteiger partial charge in [-0.25, -0.2) is 0 Å². The minimum atomic E-state index is -4.03. The van der Waals surface area contributed by atoms with Gasteiger partial charge < -0.3 is 5.11 Å². The van der Waals surface area contributed by atoms with E-state index < -0.39 is 16.2 Å². The first-order chi connectivity index (χ1) is 12.3. The predicted molar refractivity (Wildman–Crippen MR) is 102 cm³/mol. The molecule has 0 amide bonds. The predicted octanol–water partition coefficient (Wildman–Crippen LogP) is 3.82. The lowest BCUT2D eigenvalue weighted by atomic mass is 9.99. The molecule has 0 heterocycles. The van der Waals surface area contributed by atoms with Crippen molar-refractivity contribution in [2.24, 2.45) is 5.16 Å². The fraction of sp³-hybridized carbons (Fsp3) is 0.250. The van der Waals surface area contributed by atoms with Gasteiger partial charge in [-0.1, -0.05) is 66.7 Å². The highest BCUT2D eigenvalue weighted by Gasteiger charge is 2.18. The van der Waals surface area contributed by atoms with E-state index in [4.69, 9.17) is 4.28 Å². The Hall–Kier alpha value is -2.44. The molecule has 0 aliphatic carbocycles. The maximum absolute atomic E-state index is 12.3. The van der Waals surface area contributed by atoms with E-state index in [-0.39, 0.29) is 11.3 Å². The summed E-state index contributed by atoms with van der Waals surface area (Å²) >= 11 is 0. The van der Waals surface area contributed by atoms with Crippen molar-refractivity contribution in [1.82, 2.24) is 0 Å². The molecule has 2 aromatic rings. The van der Waals surface area contributed by atoms with Crippen molar-refractivity contribution in [3.63, 3.8) is 0 Å². The summed E-state index contributed by atoms with van der Waals surface area (Å²) in [5, 5.41) is 14.1. The number of benzene rings is 2. The van der Waals surface area contributed by atoms with Crippen LogP contribution in [0.1, 0.15) is 30.9 Å². The normalized spacial score (nSPS) is 13.3. The summed E-state index contributed by atoms with van der Waals surface area (Å²) in [6.45, 7) is 7.58. The van der Waals surface area contributed by atoms with Crippen LogP contribution in [0.15, 0.2) is 76.8 Å². The molecule has 0 saturated heterocycles. The van der Waals surface area contributed by atoms with Crippen molar-refractivity contribution in [2.75, 3.05) is 0 Å². The zero-order chi connectivity index (χ0) is 19.2. The van der Waals surface area contributed by atoms with Crippen LogP contribution in [-0.2, 0) is 14.4 Å². The van der Waals surface area contributed by atoms with E-state index >= 15 is 0 Å². The van der Waals surface area contributed by atoms with Crippen molar-refractivity contribution in [1.29, 1.82) is 0 Å². The minimum Gasteiger partial charge on any atom is -0.388 e. The summed E-state index contributed by atoms with van der Waals surface area (Å²) in [5.74, 6) is 0. The van der Waals surface area contributed by atoms with Gasteiger partial charge in [0.25, 0.3) is 0 Å². The highest BCUT2D eigenvalue weighted by atomic mass is 32.2. The van der Waals surface area contributed by atoms with Gasteiger partial charge in [0.2, 0.25) is 0 Å². The van der Waals surface area contributed by atoms with Gasteiger partial charge in [-0.3, -0.25) is 4.28 Å². The van der Waals surface area contributed by atoms with E-state index in [0.29, 0.717) is 23.3 Å². The Labute approximate surface area is 154 Å². The number of aryl methyl sites for hydroxylation is 1. The first-order valence-corrected chi connectivity index (χ1v) is 9.72. The molecule has 0 bridgehead atoms. The van der Waals surface area contributed by atoms with Crippen molar-refractivity contribution in [3.8, 4) is 0 Å². The number of aliphatic hydroxyl groups excluding tert-OH is 1. The molecule has 0 aromatic heterocycles. The Morgan fingerprint density at radius 1 is 1.15 bits per heavy atom. The molecule has 0 radical (unpaired) electrons. The molecule has 5 nitrogen and oxygen atoms in total. The van der Waals surface area contributed by atoms with E-state index in [1.165, 1.54) is 12.1 Å². The van der Waals surface area contributed by atoms with Gasteiger partial charge in [0.1, 0.15) is 4.90 Å². The number of rotatable bonds is 8. The van der Waals surface area contributed by atoms with Crippen molar-refractivity contribution >= 4 is 15.8 Å². The third kappa shape index (κ3) is 5.28. The lowest BCUT2D eigenvalue weighted by Gasteiger charge is -2.14. The van der Waals surface area contributed by atoms with Crippen LogP contribution in [0.2, 0.25) is 0 Å². The summed E-state index contributed by atoms with van der Waals surface area (Å²) in [4.78, 5) is 0.0257. The Kier molecular flexibility index (Phi) is 6.71. The van der Waals surface area contributed by atoms with Crippen LogP contribution in [-0.4, -0.2) is 25.3 Å². The van der Waals surface area contributed by atoms with Gasteiger partial charge in [0.05, 0.1) is 11.8 Å². The lowest BCUT2D eigenvalue weighted by Crippen LogP contribution is -2.17. The van der Waals surface area contributed by atoms with Crippen LogP contribution in [0, 0.1) is 6.92 Å². The second-order valence-electron chi connectivity index (χ2n) is 5.98. The topological polar surface area (TPSA) is 76.0 Å². The zero-order valence-electron chi connectivity index (χ0n) is 14.9. The molecule has 0 spiro atoms. The molecular formula is C20H23NO4S. The Morgan fingerprint density at radius 2 is 1.77 bits per heavy atom. The molecule has 0 aliphatic heterocycles. The third-order valence-electron chi connectivity index (χ3n) is 3.97. The smallest absolute Gasteiger partial charge is 0.358 e. The highest BCUT2D eigenvalue weighted by Crippen LogP contribution is 2.17. The first kappa shape index (κ1) is 19.9. The fourth-order valence-corrected chi connectivity index (χ4v) is 2.99. The van der Waals surface area contributed by atoms with E-state index in [1.807, 2.05) is 19.9 Å². The second kappa shape index (κ2) is 8.78. The van der Waals surface area contributed by atoms with Gasteiger partial charge >= 0.3 is 10.1 Å². The van der Waals surface area contributed by atoms with Gasteiger partial charge in [-0.2, -0.15) is 8.42 Å². The average molecular weight is 373 g/mol. The SMILES string of the molecule is C=C(CC)C(O)CC(=NOS(=O)(=O)c1ccc(C)cc1)c1ccccc1. The van der Waals surface area contributed by atoms with E-state index in [9.17, 15) is 13.5 Å². The summed E-state index contributed by atoms with van der Waals surface area (Å²) in [6, 6.07) is 15.3. The Bertz CT molecular complexity index is 872. The molecule has 1 N–H and O–H groups in total. The maximum atomic E-state index is 12.3. The molecule has 0 aliphatic rings. The summed E-state index contributed by atoms with van der Waals surface area (Å²) < 4.78 is 29.6. The van der Waals surface area contributed by atoms with Crippen LogP contribution >= 0.6 is 0 Å². The maximum Gasteiger partial charge on any atom is 0.358 e. The molecule has 2 rings (SSSR count). The van der Waals surface area contributed by atoms with Crippen LogP contribution in [0.4, 0.5) is 0 Å². The molecule has 26 heavy (non-hydrogen) atoms. The summed E-state index contributed by atoms with van der Waals surface area (Å²) in [6.07, 6.45) is -0.101. The molecule has 0 fully saturated rings. The van der Waals surface area contributed by atoms with Crippen LogP contribution in [0.25, 0.3) is 0 Å². The van der Waals surface area contributed by atoms with Gasteiger partial charge in [0, 0.05) is 6.42 Å².